The van der Waals surface area contributed by atoms with Gasteiger partial charge in [-0.3, -0.25) is 4.79 Å². The molecule has 0 spiro atoms. The van der Waals surface area contributed by atoms with Crippen LogP contribution in [0.4, 0.5) is 0 Å². The normalized spacial score (nSPS) is 11.8. The van der Waals surface area contributed by atoms with Crippen molar-refractivity contribution in [1.82, 2.24) is 5.32 Å². The molecule has 0 bridgehead atoms. The summed E-state index contributed by atoms with van der Waals surface area (Å²) < 4.78 is 0. The predicted octanol–water partition coefficient (Wildman–Crippen LogP) is 0.781. The van der Waals surface area contributed by atoms with Gasteiger partial charge in [-0.05, 0) is 25.3 Å². The zero-order chi connectivity index (χ0) is 10.8. The molecule has 0 rings (SSSR count). The molecule has 4 nitrogen and oxygen atoms in total. The lowest BCUT2D eigenvalue weighted by Crippen LogP contribution is -2.24. The van der Waals surface area contributed by atoms with Gasteiger partial charge >= 0.3 is 0 Å². The number of nitriles is 1. The van der Waals surface area contributed by atoms with Crippen molar-refractivity contribution in [3.63, 3.8) is 0 Å². The zero-order valence-corrected chi connectivity index (χ0v) is 8.75. The molecule has 0 aliphatic carbocycles. The summed E-state index contributed by atoms with van der Waals surface area (Å²) >= 11 is 0. The van der Waals surface area contributed by atoms with Gasteiger partial charge in [0.05, 0.1) is 12.5 Å². The first-order valence-corrected chi connectivity index (χ1v) is 5.04. The van der Waals surface area contributed by atoms with Crippen molar-refractivity contribution in [3.8, 4) is 6.07 Å². The van der Waals surface area contributed by atoms with Crippen LogP contribution in [0.5, 0.6) is 0 Å². The van der Waals surface area contributed by atoms with Crippen LogP contribution in [-0.4, -0.2) is 19.0 Å². The van der Waals surface area contributed by atoms with Crippen molar-refractivity contribution in [2.24, 2.45) is 11.7 Å². The molecule has 0 radical (unpaired) electrons. The first-order valence-electron chi connectivity index (χ1n) is 5.04. The lowest BCUT2D eigenvalue weighted by molar-refractivity contribution is -0.121. The second-order valence-corrected chi connectivity index (χ2v) is 3.48. The minimum absolute atomic E-state index is 0.0316. The molecule has 0 saturated carbocycles. The van der Waals surface area contributed by atoms with Crippen LogP contribution in [0.15, 0.2) is 0 Å². The smallest absolute Gasteiger partial charge is 0.220 e. The highest BCUT2D eigenvalue weighted by Gasteiger charge is 2.05. The van der Waals surface area contributed by atoms with E-state index in [1.807, 2.05) is 6.07 Å². The van der Waals surface area contributed by atoms with E-state index in [4.69, 9.17) is 11.0 Å². The monoisotopic (exact) mass is 197 g/mol. The highest BCUT2D eigenvalue weighted by molar-refractivity contribution is 5.75. The molecule has 0 aromatic rings. The van der Waals surface area contributed by atoms with Crippen LogP contribution in [0.3, 0.4) is 0 Å². The maximum atomic E-state index is 11.2. The Morgan fingerprint density at radius 1 is 1.57 bits per heavy atom. The van der Waals surface area contributed by atoms with Crippen LogP contribution in [0.1, 0.15) is 32.6 Å². The molecule has 1 atom stereocenters. The van der Waals surface area contributed by atoms with Gasteiger partial charge in [-0.25, -0.2) is 0 Å². The molecule has 0 aliphatic rings. The summed E-state index contributed by atoms with van der Waals surface area (Å²) in [6.45, 7) is 3.23. The molecule has 4 heteroatoms. The maximum Gasteiger partial charge on any atom is 0.220 e. The standard InChI is InChI=1S/C10H19N3O/c1-9(5-7-12)3-4-10(14)13-8-2-6-11/h9H,2-5,7-8,12H2,1H3,(H,13,14). The van der Waals surface area contributed by atoms with Crippen molar-refractivity contribution in [2.45, 2.75) is 32.6 Å². The summed E-state index contributed by atoms with van der Waals surface area (Å²) in [5.41, 5.74) is 5.40. The van der Waals surface area contributed by atoms with Crippen LogP contribution >= 0.6 is 0 Å². The van der Waals surface area contributed by atoms with Crippen molar-refractivity contribution in [1.29, 1.82) is 5.26 Å². The van der Waals surface area contributed by atoms with Crippen LogP contribution < -0.4 is 11.1 Å². The number of rotatable bonds is 7. The van der Waals surface area contributed by atoms with Gasteiger partial charge in [0, 0.05) is 13.0 Å². The molecule has 14 heavy (non-hydrogen) atoms. The van der Waals surface area contributed by atoms with Gasteiger partial charge in [0.1, 0.15) is 0 Å². The molecule has 0 aromatic carbocycles. The van der Waals surface area contributed by atoms with Crippen molar-refractivity contribution in [2.75, 3.05) is 13.1 Å². The van der Waals surface area contributed by atoms with E-state index in [-0.39, 0.29) is 5.91 Å². The molecule has 80 valence electrons. The summed E-state index contributed by atoms with van der Waals surface area (Å²) in [7, 11) is 0. The van der Waals surface area contributed by atoms with E-state index in [2.05, 4.69) is 12.2 Å². The molecule has 0 fully saturated rings. The van der Waals surface area contributed by atoms with Crippen LogP contribution in [-0.2, 0) is 4.79 Å². The van der Waals surface area contributed by atoms with Gasteiger partial charge < -0.3 is 11.1 Å². The van der Waals surface area contributed by atoms with E-state index in [1.54, 1.807) is 0 Å². The summed E-state index contributed by atoms with van der Waals surface area (Å²) in [5, 5.41) is 10.9. The number of hydrogen-bond donors (Lipinski definition) is 2. The van der Waals surface area contributed by atoms with Gasteiger partial charge in [0.15, 0.2) is 0 Å². The molecule has 1 unspecified atom stereocenters. The zero-order valence-electron chi connectivity index (χ0n) is 8.75. The topological polar surface area (TPSA) is 78.9 Å². The quantitative estimate of drug-likeness (QED) is 0.592. The van der Waals surface area contributed by atoms with E-state index < -0.39 is 0 Å². The molecule has 0 aromatic heterocycles. The second kappa shape index (κ2) is 8.52. The molecule has 0 saturated heterocycles. The van der Waals surface area contributed by atoms with Crippen molar-refractivity contribution >= 4 is 5.91 Å². The van der Waals surface area contributed by atoms with E-state index in [9.17, 15) is 4.79 Å². The number of carbonyl (C=O) groups excluding carboxylic acids is 1. The van der Waals surface area contributed by atoms with Crippen LogP contribution in [0.25, 0.3) is 0 Å². The lowest BCUT2D eigenvalue weighted by atomic mass is 10.0. The Bertz CT molecular complexity index is 198. The fourth-order valence-electron chi connectivity index (χ4n) is 1.15. The summed E-state index contributed by atoms with van der Waals surface area (Å²) in [5.74, 6) is 0.533. The van der Waals surface area contributed by atoms with E-state index >= 15 is 0 Å². The molecule has 1 amide bonds. The number of nitrogens with two attached hydrogens (primary N) is 1. The molecule has 3 N–H and O–H groups in total. The summed E-state index contributed by atoms with van der Waals surface area (Å²) in [6, 6.07) is 1.98. The third kappa shape index (κ3) is 7.56. The Hall–Kier alpha value is -1.08. The Labute approximate surface area is 85.5 Å². The Morgan fingerprint density at radius 3 is 2.86 bits per heavy atom. The van der Waals surface area contributed by atoms with Gasteiger partial charge in [0.25, 0.3) is 0 Å². The van der Waals surface area contributed by atoms with Gasteiger partial charge in [-0.1, -0.05) is 6.92 Å². The second-order valence-electron chi connectivity index (χ2n) is 3.48. The highest BCUT2D eigenvalue weighted by Crippen LogP contribution is 2.08. The third-order valence-corrected chi connectivity index (χ3v) is 2.08. The number of nitrogens with one attached hydrogen (secondary N) is 1. The Morgan fingerprint density at radius 2 is 2.29 bits per heavy atom. The molecular formula is C10H19N3O. The molecule has 0 aliphatic heterocycles. The van der Waals surface area contributed by atoms with E-state index in [0.29, 0.717) is 31.8 Å². The Kier molecular flexibility index (Phi) is 7.86. The molecular weight excluding hydrogens is 178 g/mol. The van der Waals surface area contributed by atoms with Gasteiger partial charge in [-0.2, -0.15) is 5.26 Å². The van der Waals surface area contributed by atoms with Crippen LogP contribution in [0, 0.1) is 17.2 Å². The first-order chi connectivity index (χ1) is 6.70. The highest BCUT2D eigenvalue weighted by atomic mass is 16.1. The summed E-state index contributed by atoms with van der Waals surface area (Å²) in [4.78, 5) is 11.2. The summed E-state index contributed by atoms with van der Waals surface area (Å²) in [6.07, 6.45) is 2.75. The maximum absolute atomic E-state index is 11.2. The minimum Gasteiger partial charge on any atom is -0.355 e. The van der Waals surface area contributed by atoms with E-state index in [0.717, 1.165) is 12.8 Å². The number of amides is 1. The van der Waals surface area contributed by atoms with Crippen molar-refractivity contribution in [3.05, 3.63) is 0 Å². The molecule has 0 heterocycles. The van der Waals surface area contributed by atoms with Gasteiger partial charge in [-0.15, -0.1) is 0 Å². The first kappa shape index (κ1) is 12.9. The van der Waals surface area contributed by atoms with Gasteiger partial charge in [0.2, 0.25) is 5.91 Å². The fourth-order valence-corrected chi connectivity index (χ4v) is 1.15. The largest absolute Gasteiger partial charge is 0.355 e. The number of hydrogen-bond acceptors (Lipinski definition) is 3. The van der Waals surface area contributed by atoms with Crippen molar-refractivity contribution < 1.29 is 4.79 Å². The SMILES string of the molecule is CC(CCN)CCC(=O)NCCC#N. The Balaban J connectivity index is 3.39. The number of nitrogens with zero attached hydrogens (tertiary/aromatic N) is 1. The third-order valence-electron chi connectivity index (χ3n) is 2.08. The number of carbonyl (C=O) groups is 1. The fraction of sp³-hybridized carbons (Fsp3) is 0.800. The van der Waals surface area contributed by atoms with E-state index in [1.165, 1.54) is 0 Å². The lowest BCUT2D eigenvalue weighted by Gasteiger charge is -2.09. The minimum atomic E-state index is 0.0316. The average Bonchev–Trinajstić information content (AvgIpc) is 2.16. The average molecular weight is 197 g/mol. The van der Waals surface area contributed by atoms with Crippen LogP contribution in [0.2, 0.25) is 0 Å². The predicted molar refractivity (Wildman–Crippen MR) is 55.3 cm³/mol.